The van der Waals surface area contributed by atoms with Crippen molar-refractivity contribution in [3.05, 3.63) is 35.6 Å². The average molecular weight is 206 g/mol. The molecule has 70 valence electrons. The Hall–Kier alpha value is -1.82. The second kappa shape index (κ2) is 3.93. The van der Waals surface area contributed by atoms with Gasteiger partial charge in [0.1, 0.15) is 11.2 Å². The van der Waals surface area contributed by atoms with E-state index in [0.717, 1.165) is 0 Å². The molecule has 1 N–H and O–H groups in total. The van der Waals surface area contributed by atoms with Crippen LogP contribution in [0.25, 0.3) is 0 Å². The number of aromatic nitrogens is 3. The summed E-state index contributed by atoms with van der Waals surface area (Å²) in [4.78, 5) is 15.4. The number of anilines is 1. The van der Waals surface area contributed by atoms with Crippen molar-refractivity contribution in [2.24, 2.45) is 0 Å². The Bertz CT molecular complexity index is 414. The molecule has 2 aromatic rings. The molecule has 0 unspecified atom stereocenters. The molecule has 14 heavy (non-hydrogen) atoms. The molecule has 0 aromatic carbocycles. The van der Waals surface area contributed by atoms with Gasteiger partial charge in [-0.2, -0.15) is 0 Å². The molecular weight excluding hydrogens is 200 g/mol. The maximum atomic E-state index is 11.5. The minimum Gasteiger partial charge on any atom is -0.295 e. The summed E-state index contributed by atoms with van der Waals surface area (Å²) in [6.07, 6.45) is 1.56. The Morgan fingerprint density at radius 3 is 3.00 bits per heavy atom. The molecule has 5 nitrogen and oxygen atoms in total. The fraction of sp³-hybridized carbons (Fsp3) is 0. The molecular formula is C8H6N4OS. The molecule has 2 rings (SSSR count). The van der Waals surface area contributed by atoms with E-state index in [1.165, 1.54) is 11.3 Å². The predicted molar refractivity (Wildman–Crippen MR) is 52.1 cm³/mol. The van der Waals surface area contributed by atoms with Gasteiger partial charge < -0.3 is 0 Å². The van der Waals surface area contributed by atoms with Gasteiger partial charge in [-0.25, -0.2) is 0 Å². The molecule has 2 heterocycles. The lowest BCUT2D eigenvalue weighted by Crippen LogP contribution is -2.13. The number of carbonyl (C=O) groups is 1. The van der Waals surface area contributed by atoms with Crippen molar-refractivity contribution < 1.29 is 4.79 Å². The summed E-state index contributed by atoms with van der Waals surface area (Å²) in [7, 11) is 0. The van der Waals surface area contributed by atoms with Crippen LogP contribution in [0.5, 0.6) is 0 Å². The molecule has 0 radical (unpaired) electrons. The van der Waals surface area contributed by atoms with Crippen molar-refractivity contribution in [2.45, 2.75) is 0 Å². The Balaban J connectivity index is 2.11. The average Bonchev–Trinajstić information content (AvgIpc) is 2.72. The second-order valence-electron chi connectivity index (χ2n) is 2.41. The summed E-state index contributed by atoms with van der Waals surface area (Å²) < 4.78 is 0. The highest BCUT2D eigenvalue weighted by atomic mass is 32.1. The zero-order chi connectivity index (χ0) is 9.80. The first-order chi connectivity index (χ1) is 6.86. The minimum atomic E-state index is -0.276. The fourth-order valence-corrected chi connectivity index (χ4v) is 1.33. The molecule has 0 aliphatic rings. The lowest BCUT2D eigenvalue weighted by molar-refractivity contribution is 0.102. The van der Waals surface area contributed by atoms with E-state index in [0.29, 0.717) is 10.8 Å². The van der Waals surface area contributed by atoms with Gasteiger partial charge in [-0.3, -0.25) is 15.1 Å². The van der Waals surface area contributed by atoms with Crippen molar-refractivity contribution >= 4 is 22.4 Å². The van der Waals surface area contributed by atoms with E-state index in [2.05, 4.69) is 20.5 Å². The van der Waals surface area contributed by atoms with Gasteiger partial charge in [0, 0.05) is 6.20 Å². The quantitative estimate of drug-likeness (QED) is 0.801. The summed E-state index contributed by atoms with van der Waals surface area (Å²) in [5.74, 6) is -0.276. The topological polar surface area (TPSA) is 67.8 Å². The van der Waals surface area contributed by atoms with Crippen LogP contribution in [0.1, 0.15) is 10.5 Å². The standard InChI is InChI=1S/C8H6N4OS/c13-7(6-3-1-2-4-9-6)11-8-12-10-5-14-8/h1-5H,(H,11,12,13). The van der Waals surface area contributed by atoms with Crippen LogP contribution >= 0.6 is 11.3 Å². The minimum absolute atomic E-state index is 0.276. The third kappa shape index (κ3) is 1.91. The predicted octanol–water partition coefficient (Wildman–Crippen LogP) is 1.19. The molecule has 0 aliphatic heterocycles. The summed E-state index contributed by atoms with van der Waals surface area (Å²) in [5, 5.41) is 10.3. The molecule has 0 saturated heterocycles. The molecule has 0 fully saturated rings. The van der Waals surface area contributed by atoms with Crippen molar-refractivity contribution in [3.63, 3.8) is 0 Å². The normalized spacial score (nSPS) is 9.71. The van der Waals surface area contributed by atoms with E-state index < -0.39 is 0 Å². The van der Waals surface area contributed by atoms with Gasteiger partial charge in [0.25, 0.3) is 5.91 Å². The third-order valence-corrected chi connectivity index (χ3v) is 2.08. The van der Waals surface area contributed by atoms with Crippen molar-refractivity contribution in [1.82, 2.24) is 15.2 Å². The van der Waals surface area contributed by atoms with E-state index in [1.54, 1.807) is 29.9 Å². The lowest BCUT2D eigenvalue weighted by atomic mass is 10.3. The van der Waals surface area contributed by atoms with Gasteiger partial charge in [-0.15, -0.1) is 10.2 Å². The molecule has 0 bridgehead atoms. The Morgan fingerprint density at radius 1 is 1.43 bits per heavy atom. The number of nitrogens with one attached hydrogen (secondary N) is 1. The summed E-state index contributed by atoms with van der Waals surface area (Å²) >= 11 is 1.26. The van der Waals surface area contributed by atoms with Crippen molar-refractivity contribution in [2.75, 3.05) is 5.32 Å². The summed E-state index contributed by atoms with van der Waals surface area (Å²) in [6.45, 7) is 0. The Kier molecular flexibility index (Phi) is 2.46. The van der Waals surface area contributed by atoms with Crippen molar-refractivity contribution in [1.29, 1.82) is 0 Å². The fourth-order valence-electron chi connectivity index (χ4n) is 0.886. The van der Waals surface area contributed by atoms with E-state index >= 15 is 0 Å². The second-order valence-corrected chi connectivity index (χ2v) is 3.25. The van der Waals surface area contributed by atoms with Gasteiger partial charge in [-0.1, -0.05) is 17.4 Å². The molecule has 1 amide bonds. The largest absolute Gasteiger partial charge is 0.295 e. The zero-order valence-electron chi connectivity index (χ0n) is 7.04. The molecule has 6 heteroatoms. The first-order valence-electron chi connectivity index (χ1n) is 3.85. The number of carbonyl (C=O) groups excluding carboxylic acids is 1. The highest BCUT2D eigenvalue weighted by Gasteiger charge is 2.07. The third-order valence-electron chi connectivity index (χ3n) is 1.48. The van der Waals surface area contributed by atoms with Crippen LogP contribution in [0.2, 0.25) is 0 Å². The SMILES string of the molecule is O=C(Nc1nncs1)c1ccccn1. The van der Waals surface area contributed by atoms with Gasteiger partial charge >= 0.3 is 0 Å². The molecule has 0 saturated carbocycles. The number of rotatable bonds is 2. The van der Waals surface area contributed by atoms with Crippen LogP contribution in [0, 0.1) is 0 Å². The van der Waals surface area contributed by atoms with Crippen LogP contribution in [0.4, 0.5) is 5.13 Å². The number of hydrogen-bond acceptors (Lipinski definition) is 5. The smallest absolute Gasteiger partial charge is 0.276 e. The van der Waals surface area contributed by atoms with Crippen LogP contribution in [-0.4, -0.2) is 21.1 Å². The zero-order valence-corrected chi connectivity index (χ0v) is 7.86. The summed E-state index contributed by atoms with van der Waals surface area (Å²) in [6, 6.07) is 5.14. The number of hydrogen-bond donors (Lipinski definition) is 1. The van der Waals surface area contributed by atoms with Gasteiger partial charge in [0.05, 0.1) is 0 Å². The monoisotopic (exact) mass is 206 g/mol. The maximum Gasteiger partial charge on any atom is 0.276 e. The van der Waals surface area contributed by atoms with Crippen molar-refractivity contribution in [3.8, 4) is 0 Å². The van der Waals surface area contributed by atoms with Crippen LogP contribution in [0.15, 0.2) is 29.9 Å². The number of pyridine rings is 1. The lowest BCUT2D eigenvalue weighted by Gasteiger charge is -1.98. The van der Waals surface area contributed by atoms with Gasteiger partial charge in [-0.05, 0) is 12.1 Å². The van der Waals surface area contributed by atoms with Crippen LogP contribution in [0.3, 0.4) is 0 Å². The molecule has 0 spiro atoms. The van der Waals surface area contributed by atoms with Crippen LogP contribution in [-0.2, 0) is 0 Å². The number of nitrogens with zero attached hydrogens (tertiary/aromatic N) is 3. The van der Waals surface area contributed by atoms with E-state index in [1.807, 2.05) is 0 Å². The first-order valence-corrected chi connectivity index (χ1v) is 4.73. The maximum absolute atomic E-state index is 11.5. The highest BCUT2D eigenvalue weighted by molar-refractivity contribution is 7.13. The van der Waals surface area contributed by atoms with E-state index in [-0.39, 0.29) is 5.91 Å². The van der Waals surface area contributed by atoms with Gasteiger partial charge in [0.15, 0.2) is 0 Å². The van der Waals surface area contributed by atoms with Gasteiger partial charge in [0.2, 0.25) is 5.13 Å². The van der Waals surface area contributed by atoms with E-state index in [4.69, 9.17) is 0 Å². The Morgan fingerprint density at radius 2 is 2.36 bits per heavy atom. The summed E-state index contributed by atoms with van der Waals surface area (Å²) in [5.41, 5.74) is 1.91. The number of amides is 1. The Labute approximate surface area is 83.8 Å². The first kappa shape index (κ1) is 8.76. The highest BCUT2D eigenvalue weighted by Crippen LogP contribution is 2.09. The molecule has 0 aliphatic carbocycles. The molecule has 0 atom stereocenters. The molecule has 2 aromatic heterocycles. The van der Waals surface area contributed by atoms with E-state index in [9.17, 15) is 4.79 Å². The van der Waals surface area contributed by atoms with Crippen LogP contribution < -0.4 is 5.32 Å².